The first-order valence-corrected chi connectivity index (χ1v) is 6.61. The SMILES string of the molecule is CCC(N)C(c1ccc(F)cc1)N(C)C(C)CC#N. The number of hydrogen-bond acceptors (Lipinski definition) is 3. The molecule has 0 amide bonds. The van der Waals surface area contributed by atoms with E-state index in [1.54, 1.807) is 12.1 Å². The van der Waals surface area contributed by atoms with E-state index in [2.05, 4.69) is 11.0 Å². The molecule has 3 nitrogen and oxygen atoms in total. The maximum Gasteiger partial charge on any atom is 0.123 e. The first-order valence-electron chi connectivity index (χ1n) is 6.61. The molecule has 4 heteroatoms. The van der Waals surface area contributed by atoms with E-state index >= 15 is 0 Å². The molecule has 0 spiro atoms. The van der Waals surface area contributed by atoms with Crippen molar-refractivity contribution in [2.45, 2.75) is 44.8 Å². The fraction of sp³-hybridized carbons (Fsp3) is 0.533. The Morgan fingerprint density at radius 2 is 1.95 bits per heavy atom. The van der Waals surface area contributed by atoms with Crippen molar-refractivity contribution in [3.8, 4) is 6.07 Å². The summed E-state index contributed by atoms with van der Waals surface area (Å²) in [5.74, 6) is -0.250. The van der Waals surface area contributed by atoms with Crippen LogP contribution >= 0.6 is 0 Å². The van der Waals surface area contributed by atoms with Gasteiger partial charge in [0.25, 0.3) is 0 Å². The van der Waals surface area contributed by atoms with Crippen molar-refractivity contribution in [2.75, 3.05) is 7.05 Å². The molecule has 0 saturated heterocycles. The number of nitriles is 1. The quantitative estimate of drug-likeness (QED) is 0.858. The van der Waals surface area contributed by atoms with E-state index in [0.717, 1.165) is 12.0 Å². The molecule has 0 aliphatic heterocycles. The second kappa shape index (κ2) is 7.22. The number of nitrogens with zero attached hydrogens (tertiary/aromatic N) is 2. The number of nitrogens with two attached hydrogens (primary N) is 1. The van der Waals surface area contributed by atoms with Gasteiger partial charge in [0.2, 0.25) is 0 Å². The van der Waals surface area contributed by atoms with Gasteiger partial charge >= 0.3 is 0 Å². The van der Waals surface area contributed by atoms with Crippen molar-refractivity contribution in [1.82, 2.24) is 4.90 Å². The van der Waals surface area contributed by atoms with Crippen LogP contribution in [0.15, 0.2) is 24.3 Å². The molecule has 3 atom stereocenters. The fourth-order valence-electron chi connectivity index (χ4n) is 2.22. The van der Waals surface area contributed by atoms with Gasteiger partial charge in [0.1, 0.15) is 5.82 Å². The largest absolute Gasteiger partial charge is 0.326 e. The van der Waals surface area contributed by atoms with Crippen molar-refractivity contribution in [3.05, 3.63) is 35.6 Å². The minimum absolute atomic E-state index is 0.00560. The summed E-state index contributed by atoms with van der Waals surface area (Å²) in [7, 11) is 1.96. The minimum atomic E-state index is -0.250. The molecular formula is C15H22FN3. The molecule has 19 heavy (non-hydrogen) atoms. The van der Waals surface area contributed by atoms with Crippen LogP contribution in [0.3, 0.4) is 0 Å². The zero-order valence-corrected chi connectivity index (χ0v) is 11.8. The van der Waals surface area contributed by atoms with Crippen molar-refractivity contribution in [2.24, 2.45) is 5.73 Å². The molecule has 1 rings (SSSR count). The van der Waals surface area contributed by atoms with Gasteiger partial charge < -0.3 is 5.73 Å². The van der Waals surface area contributed by atoms with E-state index in [4.69, 9.17) is 11.0 Å². The highest BCUT2D eigenvalue weighted by Crippen LogP contribution is 2.26. The summed E-state index contributed by atoms with van der Waals surface area (Å²) in [5.41, 5.74) is 7.19. The van der Waals surface area contributed by atoms with Gasteiger partial charge in [0.15, 0.2) is 0 Å². The van der Waals surface area contributed by atoms with Gasteiger partial charge in [-0.3, -0.25) is 4.90 Å². The van der Waals surface area contributed by atoms with Crippen LogP contribution < -0.4 is 5.73 Å². The van der Waals surface area contributed by atoms with Crippen molar-refractivity contribution in [3.63, 3.8) is 0 Å². The van der Waals surface area contributed by atoms with E-state index < -0.39 is 0 Å². The number of benzene rings is 1. The Bertz CT molecular complexity index is 424. The Kier molecular flexibility index (Phi) is 5.94. The Hall–Kier alpha value is -1.44. The standard InChI is InChI=1S/C15H22FN3/c1-4-14(18)15(19(3)11(2)9-10-17)12-5-7-13(16)8-6-12/h5-8,11,14-15H,4,9,18H2,1-3H3. The lowest BCUT2D eigenvalue weighted by Crippen LogP contribution is -2.42. The highest BCUT2D eigenvalue weighted by molar-refractivity contribution is 5.22. The first-order chi connectivity index (χ1) is 9.01. The van der Waals surface area contributed by atoms with Gasteiger partial charge in [-0.15, -0.1) is 0 Å². The number of likely N-dealkylation sites (N-methyl/N-ethyl adjacent to an activating group) is 1. The monoisotopic (exact) mass is 263 g/mol. The highest BCUT2D eigenvalue weighted by atomic mass is 19.1. The summed E-state index contributed by atoms with van der Waals surface area (Å²) in [4.78, 5) is 2.10. The number of hydrogen-bond donors (Lipinski definition) is 1. The van der Waals surface area contributed by atoms with Crippen molar-refractivity contribution < 1.29 is 4.39 Å². The second-order valence-corrected chi connectivity index (χ2v) is 4.95. The van der Waals surface area contributed by atoms with E-state index in [1.807, 2.05) is 20.9 Å². The molecule has 0 fully saturated rings. The lowest BCUT2D eigenvalue weighted by Gasteiger charge is -2.36. The minimum Gasteiger partial charge on any atom is -0.326 e. The smallest absolute Gasteiger partial charge is 0.123 e. The topological polar surface area (TPSA) is 53.0 Å². The van der Waals surface area contributed by atoms with E-state index in [1.165, 1.54) is 12.1 Å². The molecule has 0 aromatic heterocycles. The van der Waals surface area contributed by atoms with Crippen LogP contribution in [0, 0.1) is 17.1 Å². The Balaban J connectivity index is 3.01. The zero-order chi connectivity index (χ0) is 14.4. The van der Waals surface area contributed by atoms with E-state index in [0.29, 0.717) is 6.42 Å². The molecule has 0 saturated carbocycles. The van der Waals surface area contributed by atoms with Crippen LogP contribution in [0.25, 0.3) is 0 Å². The van der Waals surface area contributed by atoms with Crippen molar-refractivity contribution >= 4 is 0 Å². The lowest BCUT2D eigenvalue weighted by atomic mass is 9.95. The second-order valence-electron chi connectivity index (χ2n) is 4.95. The Morgan fingerprint density at radius 3 is 2.42 bits per heavy atom. The maximum absolute atomic E-state index is 13.0. The summed E-state index contributed by atoms with van der Waals surface area (Å²) in [5, 5.41) is 8.81. The molecule has 104 valence electrons. The average Bonchev–Trinajstić information content (AvgIpc) is 2.41. The summed E-state index contributed by atoms with van der Waals surface area (Å²) in [6, 6.07) is 8.68. The van der Waals surface area contributed by atoms with Gasteiger partial charge in [-0.05, 0) is 38.1 Å². The number of halogens is 1. The lowest BCUT2D eigenvalue weighted by molar-refractivity contribution is 0.160. The van der Waals surface area contributed by atoms with Gasteiger partial charge in [-0.2, -0.15) is 5.26 Å². The van der Waals surface area contributed by atoms with Crippen LogP contribution in [-0.4, -0.2) is 24.0 Å². The molecule has 0 aliphatic carbocycles. The third-order valence-corrected chi connectivity index (χ3v) is 3.61. The van der Waals surface area contributed by atoms with E-state index in [9.17, 15) is 4.39 Å². The molecule has 0 radical (unpaired) electrons. The van der Waals surface area contributed by atoms with Crippen LogP contribution in [0.4, 0.5) is 4.39 Å². The Morgan fingerprint density at radius 1 is 1.37 bits per heavy atom. The summed E-state index contributed by atoms with van der Waals surface area (Å²) in [6.45, 7) is 4.03. The van der Waals surface area contributed by atoms with Crippen LogP contribution in [0.1, 0.15) is 38.3 Å². The van der Waals surface area contributed by atoms with Gasteiger partial charge in [0.05, 0.1) is 12.5 Å². The molecule has 0 bridgehead atoms. The summed E-state index contributed by atoms with van der Waals surface area (Å²) in [6.07, 6.45) is 1.27. The molecule has 1 aromatic rings. The normalized spacial score (nSPS) is 15.8. The third kappa shape index (κ3) is 4.02. The van der Waals surface area contributed by atoms with E-state index in [-0.39, 0.29) is 23.9 Å². The molecular weight excluding hydrogens is 241 g/mol. The Labute approximate surface area is 114 Å². The molecule has 2 N–H and O–H groups in total. The van der Waals surface area contributed by atoms with Crippen LogP contribution in [0.5, 0.6) is 0 Å². The molecule has 1 aromatic carbocycles. The summed E-state index contributed by atoms with van der Waals surface area (Å²) >= 11 is 0. The predicted octanol–water partition coefficient (Wildman–Crippen LogP) is 2.84. The van der Waals surface area contributed by atoms with Gasteiger partial charge in [0, 0.05) is 18.1 Å². The van der Waals surface area contributed by atoms with Crippen LogP contribution in [0.2, 0.25) is 0 Å². The first kappa shape index (κ1) is 15.6. The fourth-order valence-corrected chi connectivity index (χ4v) is 2.22. The molecule has 0 heterocycles. The maximum atomic E-state index is 13.0. The zero-order valence-electron chi connectivity index (χ0n) is 11.8. The highest BCUT2D eigenvalue weighted by Gasteiger charge is 2.26. The molecule has 0 aliphatic rings. The van der Waals surface area contributed by atoms with Gasteiger partial charge in [-0.25, -0.2) is 4.39 Å². The molecule has 3 unspecified atom stereocenters. The van der Waals surface area contributed by atoms with Crippen molar-refractivity contribution in [1.29, 1.82) is 5.26 Å². The number of rotatable bonds is 6. The van der Waals surface area contributed by atoms with Gasteiger partial charge in [-0.1, -0.05) is 19.1 Å². The predicted molar refractivity (Wildman–Crippen MR) is 74.9 cm³/mol. The summed E-state index contributed by atoms with van der Waals surface area (Å²) < 4.78 is 13.0. The third-order valence-electron chi connectivity index (χ3n) is 3.61. The van der Waals surface area contributed by atoms with Crippen LogP contribution in [-0.2, 0) is 0 Å². The average molecular weight is 263 g/mol.